The molecule has 0 bridgehead atoms. The lowest BCUT2D eigenvalue weighted by atomic mass is 9.99. The first-order valence-corrected chi connectivity index (χ1v) is 6.27. The van der Waals surface area contributed by atoms with Crippen molar-refractivity contribution in [2.75, 3.05) is 7.05 Å². The first-order chi connectivity index (χ1) is 8.69. The second-order valence-corrected chi connectivity index (χ2v) is 4.70. The number of hydrogen-bond acceptors (Lipinski definition) is 2. The Balaban J connectivity index is 2.17. The number of phenols is 1. The smallest absolute Gasteiger partial charge is 0.115 e. The average molecular weight is 262 g/mol. The maximum Gasteiger partial charge on any atom is 0.115 e. The molecule has 0 saturated heterocycles. The number of aromatic hydroxyl groups is 1. The number of benzene rings is 2. The second-order valence-electron chi connectivity index (χ2n) is 4.27. The van der Waals surface area contributed by atoms with E-state index in [2.05, 4.69) is 11.4 Å². The van der Waals surface area contributed by atoms with Gasteiger partial charge >= 0.3 is 0 Å². The molecule has 1 atom stereocenters. The zero-order valence-electron chi connectivity index (χ0n) is 10.2. The Morgan fingerprint density at radius 2 is 1.89 bits per heavy atom. The lowest BCUT2D eigenvalue weighted by Gasteiger charge is -2.17. The molecule has 0 spiro atoms. The van der Waals surface area contributed by atoms with Crippen molar-refractivity contribution in [1.82, 2.24) is 5.32 Å². The van der Waals surface area contributed by atoms with E-state index >= 15 is 0 Å². The topological polar surface area (TPSA) is 32.3 Å². The SMILES string of the molecule is CNC(Cc1ccc(O)cc1)c1cccc(Cl)c1. The standard InChI is InChI=1S/C15H16ClNO/c1-17-15(12-3-2-4-13(16)10-12)9-11-5-7-14(18)8-6-11/h2-8,10,15,17-18H,9H2,1H3. The maximum atomic E-state index is 9.27. The summed E-state index contributed by atoms with van der Waals surface area (Å²) < 4.78 is 0. The molecule has 0 amide bonds. The van der Waals surface area contributed by atoms with E-state index in [0.717, 1.165) is 17.0 Å². The van der Waals surface area contributed by atoms with Crippen LogP contribution < -0.4 is 5.32 Å². The lowest BCUT2D eigenvalue weighted by Crippen LogP contribution is -2.18. The van der Waals surface area contributed by atoms with Crippen LogP contribution in [0.1, 0.15) is 17.2 Å². The van der Waals surface area contributed by atoms with E-state index in [0.29, 0.717) is 5.75 Å². The van der Waals surface area contributed by atoms with Crippen molar-refractivity contribution in [3.05, 3.63) is 64.7 Å². The third-order valence-electron chi connectivity index (χ3n) is 2.98. The van der Waals surface area contributed by atoms with E-state index in [4.69, 9.17) is 11.6 Å². The fourth-order valence-electron chi connectivity index (χ4n) is 1.98. The summed E-state index contributed by atoms with van der Waals surface area (Å²) in [5, 5.41) is 13.3. The third kappa shape index (κ3) is 3.25. The van der Waals surface area contributed by atoms with Gasteiger partial charge in [0.25, 0.3) is 0 Å². The number of likely N-dealkylation sites (N-methyl/N-ethyl adjacent to an activating group) is 1. The van der Waals surface area contributed by atoms with Gasteiger partial charge < -0.3 is 10.4 Å². The molecule has 2 aromatic rings. The summed E-state index contributed by atoms with van der Waals surface area (Å²) in [5.41, 5.74) is 2.34. The Bertz CT molecular complexity index is 510. The molecule has 94 valence electrons. The Morgan fingerprint density at radius 3 is 2.50 bits per heavy atom. The minimum atomic E-state index is 0.216. The molecule has 1 unspecified atom stereocenters. The van der Waals surface area contributed by atoms with Crippen LogP contribution >= 0.6 is 11.6 Å². The van der Waals surface area contributed by atoms with E-state index < -0.39 is 0 Å². The number of nitrogens with one attached hydrogen (secondary N) is 1. The van der Waals surface area contributed by atoms with Gasteiger partial charge in [0, 0.05) is 11.1 Å². The van der Waals surface area contributed by atoms with Gasteiger partial charge in [-0.25, -0.2) is 0 Å². The minimum Gasteiger partial charge on any atom is -0.508 e. The van der Waals surface area contributed by atoms with Crippen molar-refractivity contribution >= 4 is 11.6 Å². The zero-order valence-corrected chi connectivity index (χ0v) is 11.0. The lowest BCUT2D eigenvalue weighted by molar-refractivity contribution is 0.475. The van der Waals surface area contributed by atoms with E-state index in [1.54, 1.807) is 12.1 Å². The Hall–Kier alpha value is -1.51. The van der Waals surface area contributed by atoms with Crippen molar-refractivity contribution in [2.24, 2.45) is 0 Å². The van der Waals surface area contributed by atoms with Crippen molar-refractivity contribution < 1.29 is 5.11 Å². The highest BCUT2D eigenvalue weighted by molar-refractivity contribution is 6.30. The number of hydrogen-bond donors (Lipinski definition) is 2. The largest absolute Gasteiger partial charge is 0.508 e. The maximum absolute atomic E-state index is 9.27. The highest BCUT2D eigenvalue weighted by atomic mass is 35.5. The average Bonchev–Trinajstić information content (AvgIpc) is 2.38. The fourth-order valence-corrected chi connectivity index (χ4v) is 2.18. The molecule has 0 aliphatic carbocycles. The minimum absolute atomic E-state index is 0.216. The van der Waals surface area contributed by atoms with Crippen molar-refractivity contribution in [2.45, 2.75) is 12.5 Å². The van der Waals surface area contributed by atoms with Crippen LogP contribution in [-0.2, 0) is 6.42 Å². The molecule has 0 aromatic heterocycles. The van der Waals surface area contributed by atoms with Gasteiger partial charge in [0.2, 0.25) is 0 Å². The predicted octanol–water partition coefficient (Wildman–Crippen LogP) is 3.55. The van der Waals surface area contributed by atoms with Crippen LogP contribution in [-0.4, -0.2) is 12.2 Å². The van der Waals surface area contributed by atoms with Crippen molar-refractivity contribution in [3.63, 3.8) is 0 Å². The summed E-state index contributed by atoms with van der Waals surface area (Å²) in [4.78, 5) is 0. The van der Waals surface area contributed by atoms with Gasteiger partial charge in [-0.15, -0.1) is 0 Å². The molecule has 2 N–H and O–H groups in total. The summed E-state index contributed by atoms with van der Waals surface area (Å²) in [6.45, 7) is 0. The van der Waals surface area contributed by atoms with Gasteiger partial charge in [0.1, 0.15) is 5.75 Å². The van der Waals surface area contributed by atoms with Crippen LogP contribution in [0.25, 0.3) is 0 Å². The molecule has 2 rings (SSSR count). The van der Waals surface area contributed by atoms with Crippen molar-refractivity contribution in [3.8, 4) is 5.75 Å². The molecule has 3 heteroatoms. The van der Waals surface area contributed by atoms with Crippen LogP contribution in [0, 0.1) is 0 Å². The van der Waals surface area contributed by atoms with Crippen LogP contribution in [0.15, 0.2) is 48.5 Å². The molecule has 0 aliphatic heterocycles. The van der Waals surface area contributed by atoms with Gasteiger partial charge in [-0.3, -0.25) is 0 Å². The first-order valence-electron chi connectivity index (χ1n) is 5.89. The molecular formula is C15H16ClNO. The molecule has 0 heterocycles. The molecule has 0 saturated carbocycles. The predicted molar refractivity (Wildman–Crippen MR) is 75.1 cm³/mol. The van der Waals surface area contributed by atoms with Gasteiger partial charge in [0.05, 0.1) is 0 Å². The van der Waals surface area contributed by atoms with Gasteiger partial charge in [0.15, 0.2) is 0 Å². The Morgan fingerprint density at radius 1 is 1.17 bits per heavy atom. The van der Waals surface area contributed by atoms with E-state index in [1.807, 2.05) is 37.4 Å². The van der Waals surface area contributed by atoms with Crippen LogP contribution in [0.2, 0.25) is 5.02 Å². The molecule has 2 nitrogen and oxygen atoms in total. The quantitative estimate of drug-likeness (QED) is 0.882. The number of rotatable bonds is 4. The molecular weight excluding hydrogens is 246 g/mol. The number of phenolic OH excluding ortho intramolecular Hbond substituents is 1. The third-order valence-corrected chi connectivity index (χ3v) is 3.21. The zero-order chi connectivity index (χ0) is 13.0. The molecule has 0 radical (unpaired) electrons. The summed E-state index contributed by atoms with van der Waals surface area (Å²) in [6.07, 6.45) is 0.858. The van der Waals surface area contributed by atoms with Crippen LogP contribution in [0.3, 0.4) is 0 Å². The number of halogens is 1. The first kappa shape index (κ1) is 12.9. The second kappa shape index (κ2) is 5.89. The van der Waals surface area contributed by atoms with Crippen LogP contribution in [0.5, 0.6) is 5.75 Å². The summed E-state index contributed by atoms with van der Waals surface area (Å²) in [7, 11) is 1.94. The molecule has 0 fully saturated rings. The van der Waals surface area contributed by atoms with E-state index in [-0.39, 0.29) is 6.04 Å². The monoisotopic (exact) mass is 261 g/mol. The van der Waals surface area contributed by atoms with Crippen molar-refractivity contribution in [1.29, 1.82) is 0 Å². The van der Waals surface area contributed by atoms with Crippen LogP contribution in [0.4, 0.5) is 0 Å². The molecule has 0 aliphatic rings. The summed E-state index contributed by atoms with van der Waals surface area (Å²) >= 11 is 6.01. The Kier molecular flexibility index (Phi) is 4.24. The fraction of sp³-hybridized carbons (Fsp3) is 0.200. The highest BCUT2D eigenvalue weighted by Crippen LogP contribution is 2.22. The van der Waals surface area contributed by atoms with Gasteiger partial charge in [-0.05, 0) is 48.9 Å². The molecule has 2 aromatic carbocycles. The van der Waals surface area contributed by atoms with E-state index in [1.165, 1.54) is 5.56 Å². The van der Waals surface area contributed by atoms with Gasteiger partial charge in [-0.1, -0.05) is 35.9 Å². The molecule has 18 heavy (non-hydrogen) atoms. The highest BCUT2D eigenvalue weighted by Gasteiger charge is 2.10. The Labute approximate surface area is 112 Å². The summed E-state index contributed by atoms with van der Waals surface area (Å²) in [6, 6.07) is 15.4. The summed E-state index contributed by atoms with van der Waals surface area (Å²) in [5.74, 6) is 0.294. The van der Waals surface area contributed by atoms with E-state index in [9.17, 15) is 5.11 Å². The normalized spacial score (nSPS) is 12.3. The van der Waals surface area contributed by atoms with Gasteiger partial charge in [-0.2, -0.15) is 0 Å².